The molecule has 0 unspecified atom stereocenters. The molecule has 1 heterocycles. The third-order valence-corrected chi connectivity index (χ3v) is 2.16. The fourth-order valence-corrected chi connectivity index (χ4v) is 1.38. The highest BCUT2D eigenvalue weighted by Crippen LogP contribution is 2.18. The number of nitrogens with zero attached hydrogens (tertiary/aromatic N) is 2. The van der Waals surface area contributed by atoms with Crippen molar-refractivity contribution < 1.29 is 9.72 Å². The summed E-state index contributed by atoms with van der Waals surface area (Å²) in [5.74, 6) is 0.291. The Kier molecular flexibility index (Phi) is 4.59. The summed E-state index contributed by atoms with van der Waals surface area (Å²) in [5, 5.41) is 16.1. The lowest BCUT2D eigenvalue weighted by molar-refractivity contribution is -0.385. The Morgan fingerprint density at radius 1 is 1.56 bits per heavy atom. The molecule has 1 aromatic heterocycles. The van der Waals surface area contributed by atoms with E-state index < -0.39 is 4.92 Å². The monoisotopic (exact) mass is 252 g/mol. The summed E-state index contributed by atoms with van der Waals surface area (Å²) >= 11 is 0. The normalized spacial score (nSPS) is 10.2. The van der Waals surface area contributed by atoms with Gasteiger partial charge in [0.05, 0.1) is 11.5 Å². The number of aromatic nitrogens is 1. The van der Waals surface area contributed by atoms with Gasteiger partial charge in [-0.25, -0.2) is 4.98 Å². The van der Waals surface area contributed by atoms with Crippen LogP contribution in [0.1, 0.15) is 19.4 Å². The Morgan fingerprint density at radius 3 is 2.72 bits per heavy atom. The van der Waals surface area contributed by atoms with Gasteiger partial charge in [-0.05, 0) is 26.8 Å². The van der Waals surface area contributed by atoms with Gasteiger partial charge in [0, 0.05) is 11.6 Å². The van der Waals surface area contributed by atoms with Crippen LogP contribution in [0, 0.1) is 17.0 Å². The molecule has 7 heteroatoms. The van der Waals surface area contributed by atoms with Crippen molar-refractivity contribution in [1.82, 2.24) is 10.3 Å². The maximum atomic E-state index is 11.4. The van der Waals surface area contributed by atoms with E-state index in [1.54, 1.807) is 13.0 Å². The first-order valence-corrected chi connectivity index (χ1v) is 5.54. The highest BCUT2D eigenvalue weighted by atomic mass is 16.6. The molecule has 98 valence electrons. The van der Waals surface area contributed by atoms with E-state index in [1.807, 2.05) is 13.8 Å². The first-order valence-electron chi connectivity index (χ1n) is 5.54. The molecule has 18 heavy (non-hydrogen) atoms. The number of pyridine rings is 1. The molecule has 0 aromatic carbocycles. The highest BCUT2D eigenvalue weighted by Gasteiger charge is 2.11. The predicted molar refractivity (Wildman–Crippen MR) is 67.4 cm³/mol. The maximum absolute atomic E-state index is 11.4. The van der Waals surface area contributed by atoms with E-state index >= 15 is 0 Å². The number of carbonyl (C=O) groups is 1. The number of hydrogen-bond donors (Lipinski definition) is 2. The topological polar surface area (TPSA) is 97.2 Å². The zero-order valence-electron chi connectivity index (χ0n) is 10.6. The molecule has 1 amide bonds. The molecule has 0 atom stereocenters. The van der Waals surface area contributed by atoms with Crippen LogP contribution in [-0.2, 0) is 4.79 Å². The van der Waals surface area contributed by atoms with Crippen LogP contribution in [0.3, 0.4) is 0 Å². The van der Waals surface area contributed by atoms with Crippen LogP contribution in [-0.4, -0.2) is 28.4 Å². The minimum atomic E-state index is -0.489. The Morgan fingerprint density at radius 2 is 2.22 bits per heavy atom. The summed E-state index contributed by atoms with van der Waals surface area (Å²) in [4.78, 5) is 25.4. The van der Waals surface area contributed by atoms with Crippen LogP contribution < -0.4 is 10.6 Å². The molecular formula is C11H16N4O3. The van der Waals surface area contributed by atoms with Crippen molar-refractivity contribution in [2.24, 2.45) is 0 Å². The second-order valence-corrected chi connectivity index (χ2v) is 4.19. The number of aryl methyl sites for hydroxylation is 1. The Hall–Kier alpha value is -2.18. The minimum Gasteiger partial charge on any atom is -0.361 e. The number of amides is 1. The third-order valence-electron chi connectivity index (χ3n) is 2.16. The standard InChI is InChI=1S/C11H16N4O3/c1-7(2)14-11(16)6-13-10-4-8(3)9(5-12-10)15(17)18/h4-5,7H,6H2,1-3H3,(H,12,13)(H,14,16). The number of nitrogens with one attached hydrogen (secondary N) is 2. The van der Waals surface area contributed by atoms with E-state index in [4.69, 9.17) is 0 Å². The number of hydrogen-bond acceptors (Lipinski definition) is 5. The maximum Gasteiger partial charge on any atom is 0.290 e. The summed E-state index contributed by atoms with van der Waals surface area (Å²) in [7, 11) is 0. The van der Waals surface area contributed by atoms with Gasteiger partial charge in [0.15, 0.2) is 0 Å². The molecule has 7 nitrogen and oxygen atoms in total. The molecule has 0 fully saturated rings. The van der Waals surface area contributed by atoms with Crippen LogP contribution in [0.2, 0.25) is 0 Å². The zero-order valence-corrected chi connectivity index (χ0v) is 10.6. The second-order valence-electron chi connectivity index (χ2n) is 4.19. The van der Waals surface area contributed by atoms with E-state index in [0.29, 0.717) is 11.4 Å². The van der Waals surface area contributed by atoms with Crippen LogP contribution in [0.4, 0.5) is 11.5 Å². The van der Waals surface area contributed by atoms with Crippen molar-refractivity contribution in [3.05, 3.63) is 27.9 Å². The van der Waals surface area contributed by atoms with E-state index in [-0.39, 0.29) is 24.2 Å². The molecule has 1 aromatic rings. The van der Waals surface area contributed by atoms with Crippen LogP contribution in [0.15, 0.2) is 12.3 Å². The van der Waals surface area contributed by atoms with Gasteiger partial charge >= 0.3 is 0 Å². The van der Waals surface area contributed by atoms with E-state index in [9.17, 15) is 14.9 Å². The van der Waals surface area contributed by atoms with Crippen molar-refractivity contribution in [2.75, 3.05) is 11.9 Å². The lowest BCUT2D eigenvalue weighted by Gasteiger charge is -2.09. The van der Waals surface area contributed by atoms with Gasteiger partial charge in [0.1, 0.15) is 12.0 Å². The smallest absolute Gasteiger partial charge is 0.290 e. The quantitative estimate of drug-likeness (QED) is 0.607. The third kappa shape index (κ3) is 4.00. The number of anilines is 1. The van der Waals surface area contributed by atoms with E-state index in [1.165, 1.54) is 6.20 Å². The van der Waals surface area contributed by atoms with Gasteiger partial charge in [-0.2, -0.15) is 0 Å². The summed E-state index contributed by atoms with van der Waals surface area (Å²) in [6.45, 7) is 5.44. The second kappa shape index (κ2) is 5.95. The molecule has 0 saturated carbocycles. The number of carbonyl (C=O) groups excluding carboxylic acids is 1. The van der Waals surface area contributed by atoms with Gasteiger partial charge in [-0.15, -0.1) is 0 Å². The average molecular weight is 252 g/mol. The van der Waals surface area contributed by atoms with E-state index in [0.717, 1.165) is 0 Å². The summed E-state index contributed by atoms with van der Waals surface area (Å²) < 4.78 is 0. The minimum absolute atomic E-state index is 0.0350. The SMILES string of the molecule is Cc1cc(NCC(=O)NC(C)C)ncc1[N+](=O)[O-]. The average Bonchev–Trinajstić information content (AvgIpc) is 2.25. The summed E-state index contributed by atoms with van der Waals surface area (Å²) in [6, 6.07) is 1.62. The van der Waals surface area contributed by atoms with Gasteiger partial charge in [0.2, 0.25) is 5.91 Å². The van der Waals surface area contributed by atoms with Crippen molar-refractivity contribution in [1.29, 1.82) is 0 Å². The van der Waals surface area contributed by atoms with Gasteiger partial charge in [-0.3, -0.25) is 14.9 Å². The lowest BCUT2D eigenvalue weighted by atomic mass is 10.2. The van der Waals surface area contributed by atoms with Crippen LogP contribution in [0.5, 0.6) is 0 Å². The Bertz CT molecular complexity index is 460. The molecule has 0 aliphatic rings. The van der Waals surface area contributed by atoms with E-state index in [2.05, 4.69) is 15.6 Å². The molecule has 1 rings (SSSR count). The van der Waals surface area contributed by atoms with Crippen molar-refractivity contribution in [3.8, 4) is 0 Å². The molecular weight excluding hydrogens is 236 g/mol. The predicted octanol–water partition coefficient (Wildman–Crippen LogP) is 1.23. The molecule has 0 radical (unpaired) electrons. The Labute approximate surface area is 105 Å². The largest absolute Gasteiger partial charge is 0.361 e. The molecule has 2 N–H and O–H groups in total. The number of nitro groups is 1. The molecule has 0 saturated heterocycles. The van der Waals surface area contributed by atoms with Gasteiger partial charge < -0.3 is 10.6 Å². The van der Waals surface area contributed by atoms with Crippen molar-refractivity contribution >= 4 is 17.4 Å². The Balaban J connectivity index is 2.61. The summed E-state index contributed by atoms with van der Waals surface area (Å²) in [6.07, 6.45) is 1.18. The summed E-state index contributed by atoms with van der Waals surface area (Å²) in [5.41, 5.74) is 0.467. The zero-order chi connectivity index (χ0) is 13.7. The van der Waals surface area contributed by atoms with Crippen LogP contribution in [0.25, 0.3) is 0 Å². The number of rotatable bonds is 5. The fourth-order valence-electron chi connectivity index (χ4n) is 1.38. The molecule has 0 aliphatic carbocycles. The van der Waals surface area contributed by atoms with Crippen molar-refractivity contribution in [3.63, 3.8) is 0 Å². The molecule has 0 bridgehead atoms. The van der Waals surface area contributed by atoms with Crippen LogP contribution >= 0.6 is 0 Å². The first-order chi connectivity index (χ1) is 8.40. The van der Waals surface area contributed by atoms with Crippen molar-refractivity contribution in [2.45, 2.75) is 26.8 Å². The fraction of sp³-hybridized carbons (Fsp3) is 0.455. The van der Waals surface area contributed by atoms with Gasteiger partial charge in [-0.1, -0.05) is 0 Å². The molecule has 0 spiro atoms. The highest BCUT2D eigenvalue weighted by molar-refractivity contribution is 5.80. The van der Waals surface area contributed by atoms with Gasteiger partial charge in [0.25, 0.3) is 5.69 Å². The lowest BCUT2D eigenvalue weighted by Crippen LogP contribution is -2.34. The first kappa shape index (κ1) is 13.9. The molecule has 0 aliphatic heterocycles.